The summed E-state index contributed by atoms with van der Waals surface area (Å²) in [6, 6.07) is 17.0. The molecule has 3 amide bonds. The number of para-hydroxylation sites is 2. The highest BCUT2D eigenvalue weighted by molar-refractivity contribution is 6.10. The van der Waals surface area contributed by atoms with Crippen LogP contribution in [-0.2, 0) is 0 Å². The number of nitrogens with one attached hydrogen (secondary N) is 2. The first-order chi connectivity index (χ1) is 13.5. The third-order valence-electron chi connectivity index (χ3n) is 4.32. The number of halogens is 1. The molecule has 0 aliphatic carbocycles. The molecule has 0 saturated carbocycles. The smallest absolute Gasteiger partial charge is 0.323 e. The standard InChI is InChI=1S/C21H16FN3O3/c1-25-17-4-2-3-5-19(17)28-18-11-10-15(12-16(18)20(25)26)24-21(27)23-14-8-6-13(22)7-9-14/h2-12H,1H3,(H2,23,24,27). The van der Waals surface area contributed by atoms with E-state index < -0.39 is 6.03 Å². The van der Waals surface area contributed by atoms with Crippen LogP contribution in [-0.4, -0.2) is 19.0 Å². The largest absolute Gasteiger partial charge is 0.454 e. The summed E-state index contributed by atoms with van der Waals surface area (Å²) in [5.74, 6) is 0.348. The van der Waals surface area contributed by atoms with E-state index in [9.17, 15) is 14.0 Å². The van der Waals surface area contributed by atoms with Gasteiger partial charge in [-0.2, -0.15) is 0 Å². The van der Waals surface area contributed by atoms with Crippen molar-refractivity contribution in [1.29, 1.82) is 0 Å². The number of fused-ring (bicyclic) bond motifs is 2. The fraction of sp³-hybridized carbons (Fsp3) is 0.0476. The minimum Gasteiger partial charge on any atom is -0.454 e. The van der Waals surface area contributed by atoms with Crippen molar-refractivity contribution in [2.45, 2.75) is 0 Å². The Labute approximate surface area is 160 Å². The number of nitrogens with zero attached hydrogens (tertiary/aromatic N) is 1. The molecule has 4 rings (SSSR count). The van der Waals surface area contributed by atoms with E-state index in [0.29, 0.717) is 34.1 Å². The number of hydrogen-bond acceptors (Lipinski definition) is 3. The van der Waals surface area contributed by atoms with Gasteiger partial charge in [0.2, 0.25) is 0 Å². The number of carbonyl (C=O) groups is 2. The Kier molecular flexibility index (Phi) is 4.41. The molecule has 2 N–H and O–H groups in total. The second-order valence-electron chi connectivity index (χ2n) is 6.23. The first-order valence-corrected chi connectivity index (χ1v) is 8.54. The highest BCUT2D eigenvalue weighted by Gasteiger charge is 2.25. The number of urea groups is 1. The van der Waals surface area contributed by atoms with Crippen LogP contribution in [0.4, 0.5) is 26.2 Å². The van der Waals surface area contributed by atoms with Crippen molar-refractivity contribution < 1.29 is 18.7 Å². The maximum absolute atomic E-state index is 13.0. The molecule has 0 spiro atoms. The van der Waals surface area contributed by atoms with Gasteiger partial charge in [-0.25, -0.2) is 9.18 Å². The molecule has 0 unspecified atom stereocenters. The van der Waals surface area contributed by atoms with E-state index in [1.54, 1.807) is 37.4 Å². The molecule has 1 heterocycles. The van der Waals surface area contributed by atoms with Gasteiger partial charge in [-0.3, -0.25) is 4.79 Å². The Morgan fingerprint density at radius 3 is 2.39 bits per heavy atom. The normalized spacial score (nSPS) is 12.4. The molecule has 0 bridgehead atoms. The van der Waals surface area contributed by atoms with Crippen molar-refractivity contribution in [1.82, 2.24) is 0 Å². The molecular formula is C21H16FN3O3. The van der Waals surface area contributed by atoms with Crippen LogP contribution in [0.2, 0.25) is 0 Å². The Morgan fingerprint density at radius 1 is 0.929 bits per heavy atom. The van der Waals surface area contributed by atoms with Crippen molar-refractivity contribution in [2.75, 3.05) is 22.6 Å². The number of anilines is 3. The van der Waals surface area contributed by atoms with Gasteiger partial charge in [-0.1, -0.05) is 12.1 Å². The molecule has 28 heavy (non-hydrogen) atoms. The number of carbonyl (C=O) groups excluding carboxylic acids is 2. The zero-order valence-electron chi connectivity index (χ0n) is 14.9. The quantitative estimate of drug-likeness (QED) is 0.671. The highest BCUT2D eigenvalue weighted by atomic mass is 19.1. The second kappa shape index (κ2) is 7.03. The molecule has 3 aromatic carbocycles. The lowest BCUT2D eigenvalue weighted by molar-refractivity contribution is 0.0993. The Balaban J connectivity index is 1.56. The van der Waals surface area contributed by atoms with E-state index in [1.807, 2.05) is 12.1 Å². The van der Waals surface area contributed by atoms with Crippen molar-refractivity contribution in [3.05, 3.63) is 78.1 Å². The monoisotopic (exact) mass is 377 g/mol. The number of ether oxygens (including phenoxy) is 1. The molecule has 140 valence electrons. The van der Waals surface area contributed by atoms with Crippen LogP contribution >= 0.6 is 0 Å². The number of hydrogen-bond donors (Lipinski definition) is 2. The summed E-state index contributed by atoms with van der Waals surface area (Å²) in [7, 11) is 1.67. The van der Waals surface area contributed by atoms with E-state index in [4.69, 9.17) is 4.74 Å². The summed E-state index contributed by atoms with van der Waals surface area (Å²) >= 11 is 0. The fourth-order valence-electron chi connectivity index (χ4n) is 2.92. The average molecular weight is 377 g/mol. The molecule has 0 aromatic heterocycles. The Bertz CT molecular complexity index is 1070. The van der Waals surface area contributed by atoms with Crippen LogP contribution in [0.15, 0.2) is 66.7 Å². The van der Waals surface area contributed by atoms with Crippen LogP contribution in [0.3, 0.4) is 0 Å². The van der Waals surface area contributed by atoms with Gasteiger partial charge in [0, 0.05) is 18.4 Å². The van der Waals surface area contributed by atoms with Crippen LogP contribution in [0.1, 0.15) is 10.4 Å². The van der Waals surface area contributed by atoms with Gasteiger partial charge >= 0.3 is 6.03 Å². The molecule has 0 saturated heterocycles. The van der Waals surface area contributed by atoms with Crippen LogP contribution in [0.5, 0.6) is 11.5 Å². The third kappa shape index (κ3) is 3.37. The number of amides is 3. The van der Waals surface area contributed by atoms with Crippen molar-refractivity contribution in [2.24, 2.45) is 0 Å². The van der Waals surface area contributed by atoms with Gasteiger partial charge < -0.3 is 20.3 Å². The molecule has 0 radical (unpaired) electrons. The number of rotatable bonds is 2. The molecule has 1 aliphatic heterocycles. The predicted octanol–water partition coefficient (Wildman–Crippen LogP) is 4.85. The molecule has 7 heteroatoms. The van der Waals surface area contributed by atoms with E-state index in [0.717, 1.165) is 0 Å². The van der Waals surface area contributed by atoms with Gasteiger partial charge in [-0.05, 0) is 54.6 Å². The fourth-order valence-corrected chi connectivity index (χ4v) is 2.92. The van der Waals surface area contributed by atoms with Gasteiger partial charge in [0.05, 0.1) is 11.3 Å². The lowest BCUT2D eigenvalue weighted by atomic mass is 10.1. The molecule has 0 atom stereocenters. The summed E-state index contributed by atoms with van der Waals surface area (Å²) < 4.78 is 18.8. The molecule has 6 nitrogen and oxygen atoms in total. The average Bonchev–Trinajstić information content (AvgIpc) is 2.79. The van der Waals surface area contributed by atoms with Crippen molar-refractivity contribution >= 4 is 29.0 Å². The Morgan fingerprint density at radius 2 is 1.61 bits per heavy atom. The van der Waals surface area contributed by atoms with Crippen molar-refractivity contribution in [3.8, 4) is 11.5 Å². The summed E-state index contributed by atoms with van der Waals surface area (Å²) in [6.45, 7) is 0. The van der Waals surface area contributed by atoms with E-state index >= 15 is 0 Å². The zero-order valence-corrected chi connectivity index (χ0v) is 14.9. The summed E-state index contributed by atoms with van der Waals surface area (Å²) in [4.78, 5) is 26.5. The summed E-state index contributed by atoms with van der Waals surface area (Å²) in [6.07, 6.45) is 0. The lowest BCUT2D eigenvalue weighted by Crippen LogP contribution is -2.25. The molecule has 1 aliphatic rings. The first-order valence-electron chi connectivity index (χ1n) is 8.54. The maximum Gasteiger partial charge on any atom is 0.323 e. The van der Waals surface area contributed by atoms with E-state index in [2.05, 4.69) is 10.6 Å². The highest BCUT2D eigenvalue weighted by Crippen LogP contribution is 2.38. The topological polar surface area (TPSA) is 70.7 Å². The first kappa shape index (κ1) is 17.5. The maximum atomic E-state index is 13.0. The lowest BCUT2D eigenvalue weighted by Gasteiger charge is -2.16. The van der Waals surface area contributed by atoms with Crippen molar-refractivity contribution in [3.63, 3.8) is 0 Å². The molecular weight excluding hydrogens is 361 g/mol. The van der Waals surface area contributed by atoms with Crippen LogP contribution < -0.4 is 20.3 Å². The minimum absolute atomic E-state index is 0.248. The van der Waals surface area contributed by atoms with Gasteiger partial charge in [0.15, 0.2) is 5.75 Å². The number of benzene rings is 3. The van der Waals surface area contributed by atoms with Gasteiger partial charge in [0.25, 0.3) is 5.91 Å². The zero-order chi connectivity index (χ0) is 19.7. The molecule has 0 fully saturated rings. The van der Waals surface area contributed by atoms with Crippen LogP contribution in [0.25, 0.3) is 0 Å². The predicted molar refractivity (Wildman–Crippen MR) is 105 cm³/mol. The summed E-state index contributed by atoms with van der Waals surface area (Å²) in [5, 5.41) is 5.26. The Hall–Kier alpha value is -3.87. The van der Waals surface area contributed by atoms with Crippen LogP contribution in [0, 0.1) is 5.82 Å². The minimum atomic E-state index is -0.509. The van der Waals surface area contributed by atoms with E-state index in [1.165, 1.54) is 29.2 Å². The molecule has 3 aromatic rings. The third-order valence-corrected chi connectivity index (χ3v) is 4.32. The SMILES string of the molecule is CN1C(=O)c2cc(NC(=O)Nc3ccc(F)cc3)ccc2Oc2ccccc21. The second-order valence-corrected chi connectivity index (χ2v) is 6.23. The van der Waals surface area contributed by atoms with Gasteiger partial charge in [0.1, 0.15) is 11.6 Å². The van der Waals surface area contributed by atoms with Gasteiger partial charge in [-0.15, -0.1) is 0 Å². The van der Waals surface area contributed by atoms with E-state index in [-0.39, 0.29) is 11.7 Å². The summed E-state index contributed by atoms with van der Waals surface area (Å²) in [5.41, 5.74) is 1.86.